The molecule has 148 valence electrons. The van der Waals surface area contributed by atoms with Gasteiger partial charge in [0.1, 0.15) is 5.69 Å². The van der Waals surface area contributed by atoms with Gasteiger partial charge in [-0.05, 0) is 25.1 Å². The number of benzene rings is 1. The smallest absolute Gasteiger partial charge is 0.364 e. The summed E-state index contributed by atoms with van der Waals surface area (Å²) in [7, 11) is -4.95. The fraction of sp³-hybridized carbons (Fsp3) is 0.231. The molecular formula is C13H10F6N4O3S. The van der Waals surface area contributed by atoms with Crippen LogP contribution in [0.4, 0.5) is 32.0 Å². The van der Waals surface area contributed by atoms with Gasteiger partial charge >= 0.3 is 12.4 Å². The van der Waals surface area contributed by atoms with Crippen molar-refractivity contribution in [1.29, 1.82) is 0 Å². The van der Waals surface area contributed by atoms with Gasteiger partial charge in [-0.3, -0.25) is 14.6 Å². The van der Waals surface area contributed by atoms with E-state index in [1.54, 1.807) is 4.72 Å². The molecule has 0 aliphatic carbocycles. The van der Waals surface area contributed by atoms with E-state index in [2.05, 4.69) is 10.2 Å². The lowest BCUT2D eigenvalue weighted by Crippen LogP contribution is -2.20. The number of aryl methyl sites for hydroxylation is 1. The van der Waals surface area contributed by atoms with E-state index in [0.717, 1.165) is 0 Å². The van der Waals surface area contributed by atoms with Crippen molar-refractivity contribution in [3.8, 4) is 0 Å². The summed E-state index contributed by atoms with van der Waals surface area (Å²) < 4.78 is 104. The van der Waals surface area contributed by atoms with Crippen molar-refractivity contribution in [2.75, 3.05) is 4.72 Å². The van der Waals surface area contributed by atoms with Crippen molar-refractivity contribution in [2.45, 2.75) is 24.2 Å². The number of aromatic nitrogens is 2. The van der Waals surface area contributed by atoms with E-state index in [0.29, 0.717) is 0 Å². The third kappa shape index (κ3) is 4.32. The number of anilines is 1. The molecular weight excluding hydrogens is 406 g/mol. The number of alkyl halides is 6. The fourth-order valence-electron chi connectivity index (χ4n) is 2.01. The lowest BCUT2D eigenvalue weighted by Gasteiger charge is -2.15. The summed E-state index contributed by atoms with van der Waals surface area (Å²) in [5.74, 6) is -1.17. The fourth-order valence-corrected chi connectivity index (χ4v) is 3.21. The van der Waals surface area contributed by atoms with Gasteiger partial charge in [-0.25, -0.2) is 8.42 Å². The molecule has 7 nitrogen and oxygen atoms in total. The van der Waals surface area contributed by atoms with Crippen LogP contribution in [0.5, 0.6) is 0 Å². The van der Waals surface area contributed by atoms with Gasteiger partial charge in [0.15, 0.2) is 5.69 Å². The lowest BCUT2D eigenvalue weighted by atomic mass is 10.1. The molecule has 0 aliphatic heterocycles. The summed E-state index contributed by atoms with van der Waals surface area (Å²) in [6.07, 6.45) is -10.5. The Balaban J connectivity index is 2.62. The van der Waals surface area contributed by atoms with E-state index in [9.17, 15) is 39.6 Å². The first-order chi connectivity index (χ1) is 12.1. The Bertz CT molecular complexity index is 962. The molecule has 0 saturated heterocycles. The first-order valence-corrected chi connectivity index (χ1v) is 8.28. The number of aromatic amines is 1. The number of nitrogens with zero attached hydrogens (tertiary/aromatic N) is 1. The molecule has 1 aromatic heterocycles. The van der Waals surface area contributed by atoms with E-state index < -0.39 is 55.7 Å². The highest BCUT2D eigenvalue weighted by molar-refractivity contribution is 7.92. The third-order valence-electron chi connectivity index (χ3n) is 3.29. The maximum absolute atomic E-state index is 12.9. The van der Waals surface area contributed by atoms with E-state index in [4.69, 9.17) is 5.73 Å². The second kappa shape index (κ2) is 6.44. The van der Waals surface area contributed by atoms with E-state index >= 15 is 0 Å². The molecule has 0 saturated carbocycles. The first kappa shape index (κ1) is 20.5. The molecule has 1 heterocycles. The molecule has 1 amide bonds. The van der Waals surface area contributed by atoms with Crippen LogP contribution in [-0.2, 0) is 22.4 Å². The Morgan fingerprint density at radius 1 is 1.07 bits per heavy atom. The Morgan fingerprint density at radius 3 is 1.96 bits per heavy atom. The zero-order valence-corrected chi connectivity index (χ0v) is 14.0. The maximum Gasteiger partial charge on any atom is 0.416 e. The van der Waals surface area contributed by atoms with Gasteiger partial charge in [-0.15, -0.1) is 0 Å². The van der Waals surface area contributed by atoms with Crippen molar-refractivity contribution < 1.29 is 39.6 Å². The standard InChI is InChI=1S/C13H10F6N4O3S/c1-5-9(10(11(20)24)22-21-5)23-27(25,26)8-3-6(12(14,15)16)2-7(4-8)13(17,18)19/h2-4,23H,1H3,(H2,20,24)(H,21,22). The normalized spacial score (nSPS) is 12.9. The van der Waals surface area contributed by atoms with Crippen LogP contribution in [-0.4, -0.2) is 24.5 Å². The van der Waals surface area contributed by atoms with Crippen LogP contribution in [0.15, 0.2) is 23.1 Å². The zero-order valence-electron chi connectivity index (χ0n) is 13.2. The predicted molar refractivity (Wildman–Crippen MR) is 79.1 cm³/mol. The topological polar surface area (TPSA) is 118 Å². The second-order valence-electron chi connectivity index (χ2n) is 5.28. The van der Waals surface area contributed by atoms with Crippen molar-refractivity contribution >= 4 is 21.6 Å². The van der Waals surface area contributed by atoms with Crippen LogP contribution in [0.1, 0.15) is 27.3 Å². The number of rotatable bonds is 4. The highest BCUT2D eigenvalue weighted by atomic mass is 32.2. The maximum atomic E-state index is 12.9. The predicted octanol–water partition coefficient (Wildman–Crippen LogP) is 2.66. The van der Waals surface area contributed by atoms with Crippen LogP contribution in [0.25, 0.3) is 0 Å². The number of hydrogen-bond donors (Lipinski definition) is 3. The minimum Gasteiger partial charge on any atom is -0.364 e. The molecule has 0 spiro atoms. The van der Waals surface area contributed by atoms with Gasteiger partial charge in [-0.2, -0.15) is 31.4 Å². The van der Waals surface area contributed by atoms with Crippen molar-refractivity contribution in [1.82, 2.24) is 10.2 Å². The summed E-state index contributed by atoms with van der Waals surface area (Å²) in [4.78, 5) is 9.93. The zero-order chi connectivity index (χ0) is 20.8. The Labute approximate surface area is 147 Å². The number of carbonyl (C=O) groups is 1. The number of nitrogens with one attached hydrogen (secondary N) is 2. The molecule has 2 aromatic rings. The number of sulfonamides is 1. The largest absolute Gasteiger partial charge is 0.416 e. The van der Waals surface area contributed by atoms with E-state index in [-0.39, 0.29) is 23.9 Å². The van der Waals surface area contributed by atoms with E-state index in [1.807, 2.05) is 0 Å². The summed E-state index contributed by atoms with van der Waals surface area (Å²) in [6, 6.07) is -0.134. The molecule has 0 aliphatic rings. The SMILES string of the molecule is Cc1[nH]nc(C(N)=O)c1NS(=O)(=O)c1cc(C(F)(F)F)cc(C(F)(F)F)c1. The van der Waals surface area contributed by atoms with Crippen LogP contribution >= 0.6 is 0 Å². The van der Waals surface area contributed by atoms with Crippen LogP contribution < -0.4 is 10.5 Å². The van der Waals surface area contributed by atoms with Crippen LogP contribution in [0.2, 0.25) is 0 Å². The van der Waals surface area contributed by atoms with Gasteiger partial charge < -0.3 is 5.73 Å². The monoisotopic (exact) mass is 416 g/mol. The molecule has 0 unspecified atom stereocenters. The Kier molecular flexibility index (Phi) is 4.90. The van der Waals surface area contributed by atoms with Gasteiger partial charge in [0.25, 0.3) is 15.9 Å². The molecule has 14 heteroatoms. The lowest BCUT2D eigenvalue weighted by molar-refractivity contribution is -0.143. The van der Waals surface area contributed by atoms with Crippen molar-refractivity contribution in [2.24, 2.45) is 5.73 Å². The number of amides is 1. The molecule has 4 N–H and O–H groups in total. The molecule has 0 fully saturated rings. The molecule has 27 heavy (non-hydrogen) atoms. The number of primary amides is 1. The van der Waals surface area contributed by atoms with Gasteiger partial charge in [0.2, 0.25) is 0 Å². The molecule has 0 atom stereocenters. The van der Waals surface area contributed by atoms with Crippen molar-refractivity contribution in [3.05, 3.63) is 40.7 Å². The minimum atomic E-state index is -5.23. The van der Waals surface area contributed by atoms with Crippen LogP contribution in [0.3, 0.4) is 0 Å². The third-order valence-corrected chi connectivity index (χ3v) is 4.62. The summed E-state index contributed by atoms with van der Waals surface area (Å²) in [6.45, 7) is 1.25. The number of halogens is 6. The number of hydrogen-bond acceptors (Lipinski definition) is 4. The van der Waals surface area contributed by atoms with Gasteiger partial charge in [0, 0.05) is 0 Å². The van der Waals surface area contributed by atoms with Crippen molar-refractivity contribution in [3.63, 3.8) is 0 Å². The number of carbonyl (C=O) groups excluding carboxylic acids is 1. The summed E-state index contributed by atoms with van der Waals surface area (Å²) in [5.41, 5.74) is 0.269. The number of H-pyrrole nitrogens is 1. The quantitative estimate of drug-likeness (QED) is 0.664. The molecule has 1 aromatic carbocycles. The Hall–Kier alpha value is -2.77. The van der Waals surface area contributed by atoms with Crippen LogP contribution in [0, 0.1) is 6.92 Å². The Morgan fingerprint density at radius 2 is 1.56 bits per heavy atom. The van der Waals surface area contributed by atoms with Gasteiger partial charge in [0.05, 0.1) is 21.7 Å². The average Bonchev–Trinajstić information content (AvgIpc) is 2.86. The average molecular weight is 416 g/mol. The molecule has 2 rings (SSSR count). The highest BCUT2D eigenvalue weighted by Gasteiger charge is 2.38. The van der Waals surface area contributed by atoms with E-state index in [1.165, 1.54) is 6.92 Å². The first-order valence-electron chi connectivity index (χ1n) is 6.80. The van der Waals surface area contributed by atoms with Gasteiger partial charge in [-0.1, -0.05) is 0 Å². The highest BCUT2D eigenvalue weighted by Crippen LogP contribution is 2.37. The summed E-state index contributed by atoms with van der Waals surface area (Å²) in [5, 5.41) is 5.65. The molecule has 0 bridgehead atoms. The minimum absolute atomic E-state index is 0.0320. The molecule has 0 radical (unpaired) electrons. The number of nitrogens with two attached hydrogens (primary N) is 1. The second-order valence-corrected chi connectivity index (χ2v) is 6.97. The summed E-state index contributed by atoms with van der Waals surface area (Å²) >= 11 is 0.